The van der Waals surface area contributed by atoms with E-state index in [1.807, 2.05) is 37.0 Å². The van der Waals surface area contributed by atoms with E-state index in [1.54, 1.807) is 6.07 Å². The molecule has 1 radical (unpaired) electrons. The zero-order valence-electron chi connectivity index (χ0n) is 9.24. The number of hydrogen-bond donors (Lipinski definition) is 0. The van der Waals surface area contributed by atoms with Crippen LogP contribution in [0.25, 0.3) is 16.4 Å². The molecule has 0 aliphatic heterocycles. The minimum absolute atomic E-state index is 0. The smallest absolute Gasteiger partial charge is 0.196 e. The summed E-state index contributed by atoms with van der Waals surface area (Å²) in [4.78, 5) is 0. The van der Waals surface area contributed by atoms with Crippen LogP contribution in [0.4, 0.5) is 4.39 Å². The standard InChI is InChI=1S/C12H11FN2.Y/c1-8-11-7-9(13)3-4-10(11)12-14(2)5-6-15(8)12;/h3-7H,1-2H3;. The third kappa shape index (κ3) is 1.46. The van der Waals surface area contributed by atoms with Crippen LogP contribution in [-0.4, -0.2) is 4.57 Å². The van der Waals surface area contributed by atoms with Gasteiger partial charge in [-0.05, 0) is 18.4 Å². The van der Waals surface area contributed by atoms with Gasteiger partial charge in [-0.2, -0.15) is 0 Å². The summed E-state index contributed by atoms with van der Waals surface area (Å²) >= 11 is 0. The molecule has 3 rings (SSSR count). The topological polar surface area (TPSA) is 9.03 Å². The third-order valence-corrected chi connectivity index (χ3v) is 2.98. The second kappa shape index (κ2) is 3.97. The Balaban J connectivity index is 0.000000963. The van der Waals surface area contributed by atoms with Crippen molar-refractivity contribution in [1.29, 1.82) is 0 Å². The fourth-order valence-corrected chi connectivity index (χ4v) is 2.21. The average Bonchev–Trinajstić information content (AvgIpc) is 2.70. The summed E-state index contributed by atoms with van der Waals surface area (Å²) in [5, 5.41) is 2.09. The van der Waals surface area contributed by atoms with Crippen LogP contribution in [0.3, 0.4) is 0 Å². The molecule has 0 saturated carbocycles. The molecule has 16 heavy (non-hydrogen) atoms. The maximum absolute atomic E-state index is 13.1. The van der Waals surface area contributed by atoms with Crippen molar-refractivity contribution >= 4 is 16.4 Å². The molecule has 0 atom stereocenters. The number of hydrogen-bond acceptors (Lipinski definition) is 0. The first-order valence-electron chi connectivity index (χ1n) is 4.89. The first-order chi connectivity index (χ1) is 7.18. The van der Waals surface area contributed by atoms with E-state index >= 15 is 0 Å². The van der Waals surface area contributed by atoms with Gasteiger partial charge in [0.15, 0.2) is 5.65 Å². The Morgan fingerprint density at radius 3 is 2.88 bits per heavy atom. The monoisotopic (exact) mass is 291 g/mol. The second-order valence-corrected chi connectivity index (χ2v) is 3.88. The molecule has 2 heterocycles. The molecule has 0 amide bonds. The summed E-state index contributed by atoms with van der Waals surface area (Å²) in [6.07, 6.45) is 4.01. The normalized spacial score (nSPS) is 10.9. The molecule has 0 spiro atoms. The van der Waals surface area contributed by atoms with Gasteiger partial charge in [0.2, 0.25) is 0 Å². The molecule has 0 aliphatic rings. The van der Waals surface area contributed by atoms with Crippen molar-refractivity contribution in [2.45, 2.75) is 6.92 Å². The zero-order valence-corrected chi connectivity index (χ0v) is 12.1. The van der Waals surface area contributed by atoms with E-state index in [1.165, 1.54) is 6.07 Å². The fourth-order valence-electron chi connectivity index (χ4n) is 2.21. The number of aromatic nitrogens is 2. The molecular formula is C12H11FN2Y. The van der Waals surface area contributed by atoms with E-state index in [0.717, 1.165) is 22.1 Å². The van der Waals surface area contributed by atoms with Crippen molar-refractivity contribution in [3.8, 4) is 0 Å². The van der Waals surface area contributed by atoms with Crippen molar-refractivity contribution in [3.05, 3.63) is 42.1 Å². The number of nitrogens with zero attached hydrogens (tertiary/aromatic N) is 2. The molecule has 0 aliphatic carbocycles. The number of fused-ring (bicyclic) bond motifs is 3. The van der Waals surface area contributed by atoms with Gasteiger partial charge < -0.3 is 4.40 Å². The van der Waals surface area contributed by atoms with E-state index in [-0.39, 0.29) is 38.5 Å². The van der Waals surface area contributed by atoms with E-state index in [2.05, 4.69) is 4.40 Å². The Morgan fingerprint density at radius 1 is 1.38 bits per heavy atom. The quantitative estimate of drug-likeness (QED) is 0.443. The predicted octanol–water partition coefficient (Wildman–Crippen LogP) is 2.08. The van der Waals surface area contributed by atoms with Crippen molar-refractivity contribution in [2.24, 2.45) is 7.05 Å². The number of rotatable bonds is 0. The first-order valence-corrected chi connectivity index (χ1v) is 4.89. The molecule has 79 valence electrons. The molecule has 2 aromatic heterocycles. The minimum Gasteiger partial charge on any atom is -0.302 e. The Labute approximate surface area is 118 Å². The number of aryl methyl sites for hydroxylation is 2. The molecule has 2 nitrogen and oxygen atoms in total. The number of imidazole rings is 1. The van der Waals surface area contributed by atoms with Gasteiger partial charge in [0.1, 0.15) is 0 Å². The van der Waals surface area contributed by atoms with E-state index in [0.29, 0.717) is 0 Å². The van der Waals surface area contributed by atoms with Crippen LogP contribution in [0.1, 0.15) is 5.69 Å². The minimum atomic E-state index is -0.179. The Morgan fingerprint density at radius 2 is 2.12 bits per heavy atom. The van der Waals surface area contributed by atoms with Gasteiger partial charge >= 0.3 is 0 Å². The third-order valence-electron chi connectivity index (χ3n) is 2.98. The Hall–Kier alpha value is -0.666. The van der Waals surface area contributed by atoms with Gasteiger partial charge in [0.25, 0.3) is 0 Å². The SMILES string of the molecule is C[c-]1c2cc(F)ccc2c2n(C)cc[n+]21.[Y]. The van der Waals surface area contributed by atoms with Crippen LogP contribution in [0.2, 0.25) is 0 Å². The summed E-state index contributed by atoms with van der Waals surface area (Å²) in [5.41, 5.74) is 2.20. The Kier molecular flexibility index (Phi) is 2.93. The van der Waals surface area contributed by atoms with Gasteiger partial charge in [-0.15, -0.1) is 0 Å². The van der Waals surface area contributed by atoms with Gasteiger partial charge in [-0.25, -0.2) is 4.39 Å². The maximum atomic E-state index is 13.1. The van der Waals surface area contributed by atoms with Gasteiger partial charge in [-0.1, -0.05) is 17.5 Å². The van der Waals surface area contributed by atoms with E-state index < -0.39 is 0 Å². The molecule has 0 N–H and O–H groups in total. The maximum Gasteiger partial charge on any atom is 0.196 e. The molecule has 4 heteroatoms. The van der Waals surface area contributed by atoms with E-state index in [4.69, 9.17) is 0 Å². The molecule has 0 saturated heterocycles. The Bertz CT molecular complexity index is 666. The van der Waals surface area contributed by atoms with Crippen LogP contribution in [0.5, 0.6) is 0 Å². The van der Waals surface area contributed by atoms with Crippen LogP contribution < -0.4 is 4.40 Å². The van der Waals surface area contributed by atoms with E-state index in [9.17, 15) is 4.39 Å². The second-order valence-electron chi connectivity index (χ2n) is 3.88. The summed E-state index contributed by atoms with van der Waals surface area (Å²) in [7, 11) is 2.00. The first kappa shape index (κ1) is 11.8. The van der Waals surface area contributed by atoms with Crippen molar-refractivity contribution < 1.29 is 41.5 Å². The molecule has 3 aromatic rings. The largest absolute Gasteiger partial charge is 0.302 e. The predicted molar refractivity (Wildman–Crippen MR) is 56.4 cm³/mol. The van der Waals surface area contributed by atoms with Gasteiger partial charge in [0.05, 0.1) is 25.3 Å². The number of halogens is 1. The summed E-state index contributed by atoms with van der Waals surface area (Å²) in [6.45, 7) is 2.01. The molecule has 0 bridgehead atoms. The van der Waals surface area contributed by atoms with Crippen LogP contribution in [0.15, 0.2) is 30.6 Å². The van der Waals surface area contributed by atoms with Crippen molar-refractivity contribution in [3.63, 3.8) is 0 Å². The van der Waals surface area contributed by atoms with Gasteiger partial charge in [-0.3, -0.25) is 4.57 Å². The van der Waals surface area contributed by atoms with Gasteiger partial charge in [0, 0.05) is 38.4 Å². The summed E-state index contributed by atoms with van der Waals surface area (Å²) in [6, 6.07) is 4.94. The van der Waals surface area contributed by atoms with Crippen LogP contribution in [0, 0.1) is 12.7 Å². The van der Waals surface area contributed by atoms with Crippen molar-refractivity contribution in [2.75, 3.05) is 0 Å². The molecule has 1 aromatic carbocycles. The fraction of sp³-hybridized carbons (Fsp3) is 0.167. The van der Waals surface area contributed by atoms with Crippen molar-refractivity contribution in [1.82, 2.24) is 4.57 Å². The average molecular weight is 291 g/mol. The van der Waals surface area contributed by atoms with Crippen LogP contribution >= 0.6 is 0 Å². The molecular weight excluding hydrogens is 280 g/mol. The van der Waals surface area contributed by atoms with Crippen LogP contribution in [-0.2, 0) is 39.8 Å². The summed E-state index contributed by atoms with van der Waals surface area (Å²) < 4.78 is 17.3. The molecule has 0 fully saturated rings. The molecule has 0 unspecified atom stereocenters. The summed E-state index contributed by atoms with van der Waals surface area (Å²) in [5.74, 6) is -0.179. The zero-order chi connectivity index (χ0) is 10.6. The number of benzene rings is 1.